The Kier molecular flexibility index (Phi) is 5.23. The van der Waals surface area contributed by atoms with Crippen LogP contribution in [0, 0.1) is 0 Å². The quantitative estimate of drug-likeness (QED) is 0.799. The van der Waals surface area contributed by atoms with Gasteiger partial charge >= 0.3 is 0 Å². The van der Waals surface area contributed by atoms with E-state index in [1.54, 1.807) is 23.1 Å². The Morgan fingerprint density at radius 2 is 2.30 bits per heavy atom. The minimum absolute atomic E-state index is 0.0101. The van der Waals surface area contributed by atoms with Gasteiger partial charge in [-0.25, -0.2) is 4.98 Å². The van der Waals surface area contributed by atoms with Crippen LogP contribution in [-0.2, 0) is 11.2 Å². The second-order valence-electron chi connectivity index (χ2n) is 6.72. The van der Waals surface area contributed by atoms with Gasteiger partial charge in [0.1, 0.15) is 5.76 Å². The molecule has 6 nitrogen and oxygen atoms in total. The number of hydrogen-bond donors (Lipinski definition) is 2. The molecule has 0 unspecified atom stereocenters. The number of nitrogens with one attached hydrogen (secondary N) is 2. The number of thioether (sulfide) groups is 1. The average Bonchev–Trinajstić information content (AvgIpc) is 3.15. The molecule has 3 rings (SSSR count). The topological polar surface area (TPSA) is 75.9 Å². The minimum Gasteiger partial charge on any atom is -0.444 e. The van der Waals surface area contributed by atoms with Gasteiger partial charge < -0.3 is 15.1 Å². The summed E-state index contributed by atoms with van der Waals surface area (Å²) in [5.74, 6) is 2.33. The summed E-state index contributed by atoms with van der Waals surface area (Å²) < 4.78 is 6.74. The number of piperidine rings is 1. The van der Waals surface area contributed by atoms with E-state index in [9.17, 15) is 0 Å². The Morgan fingerprint density at radius 3 is 3.00 bits per heavy atom. The van der Waals surface area contributed by atoms with Crippen molar-refractivity contribution < 1.29 is 4.42 Å². The highest BCUT2D eigenvalue weighted by atomic mass is 32.2. The second kappa shape index (κ2) is 7.19. The van der Waals surface area contributed by atoms with E-state index in [0.29, 0.717) is 11.8 Å². The second-order valence-corrected chi connectivity index (χ2v) is 8.92. The van der Waals surface area contributed by atoms with Gasteiger partial charge in [0.25, 0.3) is 0 Å². The van der Waals surface area contributed by atoms with Crippen LogP contribution in [0.3, 0.4) is 0 Å². The summed E-state index contributed by atoms with van der Waals surface area (Å²) in [5, 5.41) is 16.2. The Hall–Kier alpha value is -1.12. The fraction of sp³-hybridized carbons (Fsp3) is 0.667. The molecule has 3 heterocycles. The maximum absolute atomic E-state index is 5.80. The number of anilines is 1. The van der Waals surface area contributed by atoms with Crippen molar-refractivity contribution >= 4 is 28.2 Å². The van der Waals surface area contributed by atoms with Gasteiger partial charge in [-0.3, -0.25) is 0 Å². The van der Waals surface area contributed by atoms with Gasteiger partial charge in [-0.15, -0.1) is 10.2 Å². The van der Waals surface area contributed by atoms with E-state index in [-0.39, 0.29) is 5.41 Å². The fourth-order valence-corrected chi connectivity index (χ4v) is 4.01. The first-order valence-corrected chi connectivity index (χ1v) is 9.69. The molecular weight excluding hydrogens is 330 g/mol. The monoisotopic (exact) mass is 353 g/mol. The molecule has 1 fully saturated rings. The highest BCUT2D eigenvalue weighted by Crippen LogP contribution is 2.30. The molecule has 126 valence electrons. The smallest absolute Gasteiger partial charge is 0.206 e. The molecule has 2 N–H and O–H groups in total. The maximum Gasteiger partial charge on any atom is 0.206 e. The van der Waals surface area contributed by atoms with Crippen LogP contribution >= 0.6 is 23.1 Å². The SMILES string of the molecule is CC(C)(C)c1cnc(CSc2nnc(N[C@@H]3CCCNC3)s2)o1. The van der Waals surface area contributed by atoms with Crippen LogP contribution in [0.15, 0.2) is 15.0 Å². The van der Waals surface area contributed by atoms with Crippen LogP contribution in [0.25, 0.3) is 0 Å². The number of aromatic nitrogens is 3. The lowest BCUT2D eigenvalue weighted by atomic mass is 9.94. The number of hydrogen-bond acceptors (Lipinski definition) is 8. The zero-order valence-electron chi connectivity index (χ0n) is 13.8. The highest BCUT2D eigenvalue weighted by Gasteiger charge is 2.19. The van der Waals surface area contributed by atoms with Crippen LogP contribution < -0.4 is 10.6 Å². The van der Waals surface area contributed by atoms with Crippen LogP contribution in [-0.4, -0.2) is 34.3 Å². The average molecular weight is 354 g/mol. The Balaban J connectivity index is 1.51. The van der Waals surface area contributed by atoms with Crippen molar-refractivity contribution in [1.29, 1.82) is 0 Å². The molecule has 1 atom stereocenters. The molecule has 2 aromatic rings. The highest BCUT2D eigenvalue weighted by molar-refractivity contribution is 8.00. The molecular formula is C15H23N5OS2. The number of rotatable bonds is 5. The summed E-state index contributed by atoms with van der Waals surface area (Å²) in [4.78, 5) is 4.34. The molecule has 23 heavy (non-hydrogen) atoms. The molecule has 8 heteroatoms. The van der Waals surface area contributed by atoms with E-state index in [1.807, 2.05) is 6.20 Å². The van der Waals surface area contributed by atoms with E-state index >= 15 is 0 Å². The van der Waals surface area contributed by atoms with Crippen molar-refractivity contribution in [2.45, 2.75) is 55.2 Å². The molecule has 0 spiro atoms. The lowest BCUT2D eigenvalue weighted by Gasteiger charge is -2.22. The summed E-state index contributed by atoms with van der Waals surface area (Å²) in [6, 6.07) is 0.454. The van der Waals surface area contributed by atoms with Crippen LogP contribution in [0.4, 0.5) is 5.13 Å². The predicted molar refractivity (Wildman–Crippen MR) is 94.2 cm³/mol. The minimum atomic E-state index is -0.0101. The Bertz CT molecular complexity index is 628. The largest absolute Gasteiger partial charge is 0.444 e. The predicted octanol–water partition coefficient (Wildman–Crippen LogP) is 3.28. The third-order valence-electron chi connectivity index (χ3n) is 3.64. The van der Waals surface area contributed by atoms with Gasteiger partial charge in [0.05, 0.1) is 11.9 Å². The first-order chi connectivity index (χ1) is 11.0. The van der Waals surface area contributed by atoms with Crippen LogP contribution in [0.2, 0.25) is 0 Å². The van der Waals surface area contributed by atoms with Crippen molar-refractivity contribution in [3.63, 3.8) is 0 Å². The van der Waals surface area contributed by atoms with Gasteiger partial charge in [0, 0.05) is 18.0 Å². The summed E-state index contributed by atoms with van der Waals surface area (Å²) in [6.07, 6.45) is 4.21. The standard InChI is InChI=1S/C15H23N5OS2/c1-15(2,3)11-8-17-12(21-11)9-22-14-20-19-13(23-14)18-10-5-4-6-16-7-10/h8,10,16H,4-7,9H2,1-3H3,(H,18,19)/t10-/m1/s1. The zero-order valence-corrected chi connectivity index (χ0v) is 15.4. The summed E-state index contributed by atoms with van der Waals surface area (Å²) in [6.45, 7) is 8.46. The van der Waals surface area contributed by atoms with E-state index in [4.69, 9.17) is 4.42 Å². The van der Waals surface area contributed by atoms with Crippen LogP contribution in [0.1, 0.15) is 45.3 Å². The van der Waals surface area contributed by atoms with E-state index < -0.39 is 0 Å². The molecule has 0 radical (unpaired) electrons. The summed E-state index contributed by atoms with van der Waals surface area (Å²) >= 11 is 3.20. The molecule has 0 amide bonds. The van der Waals surface area contributed by atoms with E-state index in [0.717, 1.165) is 34.2 Å². The van der Waals surface area contributed by atoms with Gasteiger partial charge in [-0.05, 0) is 19.4 Å². The van der Waals surface area contributed by atoms with Crippen molar-refractivity contribution in [1.82, 2.24) is 20.5 Å². The zero-order chi connectivity index (χ0) is 16.3. The molecule has 0 saturated carbocycles. The number of oxazole rings is 1. The van der Waals surface area contributed by atoms with Gasteiger partial charge in [0.2, 0.25) is 11.0 Å². The van der Waals surface area contributed by atoms with E-state index in [2.05, 4.69) is 46.6 Å². The molecule has 0 aliphatic carbocycles. The summed E-state index contributed by atoms with van der Waals surface area (Å²) in [5.41, 5.74) is -0.0101. The number of nitrogens with zero attached hydrogens (tertiary/aromatic N) is 3. The third kappa shape index (κ3) is 4.68. The lowest BCUT2D eigenvalue weighted by molar-refractivity contribution is 0.391. The molecule has 1 saturated heterocycles. The van der Waals surface area contributed by atoms with E-state index in [1.165, 1.54) is 12.8 Å². The molecule has 2 aromatic heterocycles. The van der Waals surface area contributed by atoms with Crippen molar-refractivity contribution in [3.05, 3.63) is 17.8 Å². The molecule has 1 aliphatic heterocycles. The van der Waals surface area contributed by atoms with Gasteiger partial charge in [-0.2, -0.15) is 0 Å². The van der Waals surface area contributed by atoms with Crippen LogP contribution in [0.5, 0.6) is 0 Å². The molecule has 0 bridgehead atoms. The first kappa shape index (κ1) is 16.7. The normalized spacial score (nSPS) is 19.0. The maximum atomic E-state index is 5.80. The molecule has 1 aliphatic rings. The lowest BCUT2D eigenvalue weighted by Crippen LogP contribution is -2.38. The third-order valence-corrected chi connectivity index (χ3v) is 5.62. The molecule has 0 aromatic carbocycles. The fourth-order valence-electron chi connectivity index (χ4n) is 2.32. The van der Waals surface area contributed by atoms with Crippen molar-refractivity contribution in [3.8, 4) is 0 Å². The van der Waals surface area contributed by atoms with Gasteiger partial charge in [-0.1, -0.05) is 43.9 Å². The van der Waals surface area contributed by atoms with Gasteiger partial charge in [0.15, 0.2) is 4.34 Å². The van der Waals surface area contributed by atoms with Crippen molar-refractivity contribution in [2.24, 2.45) is 0 Å². The van der Waals surface area contributed by atoms with Crippen molar-refractivity contribution in [2.75, 3.05) is 18.4 Å². The summed E-state index contributed by atoms with van der Waals surface area (Å²) in [7, 11) is 0. The Labute approximate surface area is 144 Å². The first-order valence-electron chi connectivity index (χ1n) is 7.89. The Morgan fingerprint density at radius 1 is 1.43 bits per heavy atom.